The predicted octanol–water partition coefficient (Wildman–Crippen LogP) is 1.98. The van der Waals surface area contributed by atoms with E-state index in [4.69, 9.17) is 15.2 Å². The molecule has 1 aromatic rings. The first kappa shape index (κ1) is 12.3. The van der Waals surface area contributed by atoms with Gasteiger partial charge in [0.05, 0.1) is 19.4 Å². The van der Waals surface area contributed by atoms with Gasteiger partial charge in [-0.2, -0.15) is 0 Å². The Morgan fingerprint density at radius 2 is 2.19 bits per heavy atom. The van der Waals surface area contributed by atoms with Crippen LogP contribution in [-0.4, -0.2) is 19.7 Å². The van der Waals surface area contributed by atoms with Gasteiger partial charge in [0.2, 0.25) is 0 Å². The molecule has 88 valence electrons. The van der Waals surface area contributed by atoms with Crippen LogP contribution in [0.5, 0.6) is 5.75 Å². The lowest BCUT2D eigenvalue weighted by Crippen LogP contribution is -2.11. The summed E-state index contributed by atoms with van der Waals surface area (Å²) in [4.78, 5) is 11.5. The maximum atomic E-state index is 13.5. The van der Waals surface area contributed by atoms with Crippen molar-refractivity contribution in [2.24, 2.45) is 0 Å². The van der Waals surface area contributed by atoms with E-state index < -0.39 is 11.8 Å². The standard InChI is InChI=1S/C11H14FNO3/c1-3-4-16-11(14)10-8(12)5-7(15-2)6-9(10)13/h5-6H,3-4,13H2,1-2H3. The van der Waals surface area contributed by atoms with Crippen LogP contribution in [0.4, 0.5) is 10.1 Å². The topological polar surface area (TPSA) is 61.5 Å². The lowest BCUT2D eigenvalue weighted by Gasteiger charge is -2.09. The lowest BCUT2D eigenvalue weighted by atomic mass is 10.1. The number of nitrogens with two attached hydrogens (primary N) is 1. The summed E-state index contributed by atoms with van der Waals surface area (Å²) in [6, 6.07) is 2.48. The van der Waals surface area contributed by atoms with Crippen LogP contribution < -0.4 is 10.5 Å². The van der Waals surface area contributed by atoms with Gasteiger partial charge in [0.25, 0.3) is 0 Å². The van der Waals surface area contributed by atoms with E-state index in [0.29, 0.717) is 6.42 Å². The number of esters is 1. The number of rotatable bonds is 4. The number of carbonyl (C=O) groups excluding carboxylic acids is 1. The number of benzene rings is 1. The van der Waals surface area contributed by atoms with Gasteiger partial charge in [0.15, 0.2) is 0 Å². The molecule has 0 bridgehead atoms. The summed E-state index contributed by atoms with van der Waals surface area (Å²) in [6.07, 6.45) is 0.670. The highest BCUT2D eigenvalue weighted by molar-refractivity contribution is 5.95. The first-order valence-electron chi connectivity index (χ1n) is 4.90. The molecule has 16 heavy (non-hydrogen) atoms. The number of hydrogen-bond donors (Lipinski definition) is 1. The van der Waals surface area contributed by atoms with E-state index >= 15 is 0 Å². The summed E-state index contributed by atoms with van der Waals surface area (Å²) in [5.74, 6) is -1.22. The van der Waals surface area contributed by atoms with E-state index in [-0.39, 0.29) is 23.6 Å². The van der Waals surface area contributed by atoms with E-state index in [1.165, 1.54) is 13.2 Å². The van der Waals surface area contributed by atoms with Crippen molar-refractivity contribution in [2.45, 2.75) is 13.3 Å². The quantitative estimate of drug-likeness (QED) is 0.631. The van der Waals surface area contributed by atoms with E-state index in [1.807, 2.05) is 6.92 Å². The largest absolute Gasteiger partial charge is 0.497 e. The molecule has 0 aliphatic carbocycles. The molecular weight excluding hydrogens is 213 g/mol. The van der Waals surface area contributed by atoms with E-state index in [1.54, 1.807) is 0 Å². The Hall–Kier alpha value is -1.78. The first-order valence-corrected chi connectivity index (χ1v) is 4.90. The van der Waals surface area contributed by atoms with Gasteiger partial charge in [0, 0.05) is 12.1 Å². The Morgan fingerprint density at radius 3 is 2.69 bits per heavy atom. The molecule has 0 atom stereocenters. The number of methoxy groups -OCH3 is 1. The monoisotopic (exact) mass is 227 g/mol. The number of carbonyl (C=O) groups is 1. The molecule has 0 aromatic heterocycles. The van der Waals surface area contributed by atoms with Gasteiger partial charge in [-0.05, 0) is 6.42 Å². The zero-order chi connectivity index (χ0) is 12.1. The summed E-state index contributed by atoms with van der Waals surface area (Å²) < 4.78 is 23.1. The van der Waals surface area contributed by atoms with Crippen LogP contribution in [0, 0.1) is 5.82 Å². The second-order valence-electron chi connectivity index (χ2n) is 3.21. The van der Waals surface area contributed by atoms with Crippen LogP contribution in [0.1, 0.15) is 23.7 Å². The molecule has 2 N–H and O–H groups in total. The molecule has 0 saturated carbocycles. The molecule has 0 aliphatic heterocycles. The normalized spacial score (nSPS) is 9.94. The average molecular weight is 227 g/mol. The third kappa shape index (κ3) is 2.62. The fourth-order valence-corrected chi connectivity index (χ4v) is 1.20. The van der Waals surface area contributed by atoms with E-state index in [0.717, 1.165) is 6.07 Å². The molecule has 0 spiro atoms. The molecule has 0 unspecified atom stereocenters. The Morgan fingerprint density at radius 1 is 1.50 bits per heavy atom. The maximum absolute atomic E-state index is 13.5. The van der Waals surface area contributed by atoms with Crippen molar-refractivity contribution in [3.63, 3.8) is 0 Å². The van der Waals surface area contributed by atoms with Gasteiger partial charge >= 0.3 is 5.97 Å². The second-order valence-corrected chi connectivity index (χ2v) is 3.21. The zero-order valence-corrected chi connectivity index (χ0v) is 9.25. The maximum Gasteiger partial charge on any atom is 0.343 e. The predicted molar refractivity (Wildman–Crippen MR) is 57.9 cm³/mol. The zero-order valence-electron chi connectivity index (χ0n) is 9.25. The second kappa shape index (κ2) is 5.34. The summed E-state index contributed by atoms with van der Waals surface area (Å²) in [6.45, 7) is 2.09. The lowest BCUT2D eigenvalue weighted by molar-refractivity contribution is 0.0501. The summed E-state index contributed by atoms with van der Waals surface area (Å²) >= 11 is 0. The average Bonchev–Trinajstić information content (AvgIpc) is 2.25. The van der Waals surface area contributed by atoms with Gasteiger partial charge in [-0.15, -0.1) is 0 Å². The molecule has 1 rings (SSSR count). The molecule has 4 nitrogen and oxygen atoms in total. The highest BCUT2D eigenvalue weighted by Crippen LogP contribution is 2.24. The van der Waals surface area contributed by atoms with Crippen molar-refractivity contribution in [1.29, 1.82) is 0 Å². The molecule has 0 heterocycles. The number of halogens is 1. The minimum absolute atomic E-state index is 0.0120. The minimum atomic E-state index is -0.750. The van der Waals surface area contributed by atoms with Gasteiger partial charge in [-0.1, -0.05) is 6.92 Å². The van der Waals surface area contributed by atoms with Crippen molar-refractivity contribution < 1.29 is 18.7 Å². The highest BCUT2D eigenvalue weighted by Gasteiger charge is 2.18. The molecule has 0 amide bonds. The van der Waals surface area contributed by atoms with Gasteiger partial charge in [-0.25, -0.2) is 9.18 Å². The van der Waals surface area contributed by atoms with Crippen LogP contribution in [0.2, 0.25) is 0 Å². The summed E-state index contributed by atoms with van der Waals surface area (Å²) in [5.41, 5.74) is 5.32. The van der Waals surface area contributed by atoms with Crippen LogP contribution in [-0.2, 0) is 4.74 Å². The van der Waals surface area contributed by atoms with Crippen LogP contribution in [0.3, 0.4) is 0 Å². The van der Waals surface area contributed by atoms with Gasteiger partial charge in [-0.3, -0.25) is 0 Å². The Kier molecular flexibility index (Phi) is 4.10. The smallest absolute Gasteiger partial charge is 0.343 e. The molecule has 1 aromatic carbocycles. The number of ether oxygens (including phenoxy) is 2. The molecule has 0 saturated heterocycles. The fourth-order valence-electron chi connectivity index (χ4n) is 1.20. The molecule has 5 heteroatoms. The van der Waals surface area contributed by atoms with E-state index in [2.05, 4.69) is 0 Å². The number of anilines is 1. The molecular formula is C11H14FNO3. The number of nitrogen functional groups attached to an aromatic ring is 1. The number of hydrogen-bond acceptors (Lipinski definition) is 4. The Labute approximate surface area is 93.2 Å². The first-order chi connectivity index (χ1) is 7.60. The van der Waals surface area contributed by atoms with Crippen LogP contribution >= 0.6 is 0 Å². The van der Waals surface area contributed by atoms with Crippen molar-refractivity contribution in [3.05, 3.63) is 23.5 Å². The van der Waals surface area contributed by atoms with E-state index in [9.17, 15) is 9.18 Å². The summed E-state index contributed by atoms with van der Waals surface area (Å²) in [5, 5.41) is 0. The molecule has 0 aliphatic rings. The van der Waals surface area contributed by atoms with Crippen molar-refractivity contribution >= 4 is 11.7 Å². The SMILES string of the molecule is CCCOC(=O)c1c(N)cc(OC)cc1F. The Bertz CT molecular complexity index is 370. The van der Waals surface area contributed by atoms with Crippen molar-refractivity contribution in [3.8, 4) is 5.75 Å². The fraction of sp³-hybridized carbons (Fsp3) is 0.364. The minimum Gasteiger partial charge on any atom is -0.497 e. The molecule has 0 fully saturated rings. The highest BCUT2D eigenvalue weighted by atomic mass is 19.1. The van der Waals surface area contributed by atoms with Gasteiger partial charge in [0.1, 0.15) is 17.1 Å². The van der Waals surface area contributed by atoms with Gasteiger partial charge < -0.3 is 15.2 Å². The van der Waals surface area contributed by atoms with Crippen LogP contribution in [0.15, 0.2) is 12.1 Å². The Balaban J connectivity index is 3.00. The summed E-state index contributed by atoms with van der Waals surface area (Å²) in [7, 11) is 1.39. The van der Waals surface area contributed by atoms with Crippen molar-refractivity contribution in [2.75, 3.05) is 19.5 Å². The van der Waals surface area contributed by atoms with Crippen LogP contribution in [0.25, 0.3) is 0 Å². The van der Waals surface area contributed by atoms with Crippen molar-refractivity contribution in [1.82, 2.24) is 0 Å². The third-order valence-corrected chi connectivity index (χ3v) is 1.97. The third-order valence-electron chi connectivity index (χ3n) is 1.97. The molecule has 0 radical (unpaired) electrons.